The highest BCUT2D eigenvalue weighted by atomic mass is 35.5. The van der Waals surface area contributed by atoms with Crippen molar-refractivity contribution in [1.82, 2.24) is 0 Å². The zero-order valence-corrected chi connectivity index (χ0v) is 18.1. The summed E-state index contributed by atoms with van der Waals surface area (Å²) in [7, 11) is 0. The molecule has 1 fully saturated rings. The molecular formula is C23H14Cl2N2O6. The molecule has 0 aromatic heterocycles. The Hall–Kier alpha value is -3.88. The number of aliphatic hydroxyl groups excluding tert-OH is 1. The lowest BCUT2D eigenvalue weighted by Crippen LogP contribution is -2.29. The van der Waals surface area contributed by atoms with Gasteiger partial charge >= 0.3 is 0 Å². The van der Waals surface area contributed by atoms with Gasteiger partial charge in [-0.15, -0.1) is 0 Å². The standard InChI is InChI=1S/C23H14Cl2N2O6/c24-14-9-15(25)11-17(10-14)26-20(12-4-6-18(28)7-5-12)19(22(30)23(26)31)21(29)13-2-1-3-16(8-13)27(32)33/h1-11,20,28-29H/b21-19-. The van der Waals surface area contributed by atoms with Crippen LogP contribution in [0.2, 0.25) is 10.0 Å². The van der Waals surface area contributed by atoms with E-state index in [1.54, 1.807) is 0 Å². The molecule has 33 heavy (non-hydrogen) atoms. The minimum absolute atomic E-state index is 0.00453. The Bertz CT molecular complexity index is 1320. The fraction of sp³-hybridized carbons (Fsp3) is 0.0435. The number of halogens is 2. The van der Waals surface area contributed by atoms with Crippen molar-refractivity contribution >= 4 is 52.0 Å². The van der Waals surface area contributed by atoms with Crippen LogP contribution in [0.1, 0.15) is 17.2 Å². The molecule has 0 bridgehead atoms. The number of anilines is 1. The van der Waals surface area contributed by atoms with Gasteiger partial charge in [-0.3, -0.25) is 24.6 Å². The first-order chi connectivity index (χ1) is 15.7. The van der Waals surface area contributed by atoms with E-state index in [4.69, 9.17) is 23.2 Å². The number of amides is 1. The Labute approximate surface area is 197 Å². The van der Waals surface area contributed by atoms with Gasteiger partial charge in [0.25, 0.3) is 17.4 Å². The van der Waals surface area contributed by atoms with Gasteiger partial charge in [-0.05, 0) is 35.9 Å². The van der Waals surface area contributed by atoms with Gasteiger partial charge < -0.3 is 10.2 Å². The molecule has 1 saturated heterocycles. The summed E-state index contributed by atoms with van der Waals surface area (Å²) in [4.78, 5) is 37.8. The average Bonchev–Trinajstić information content (AvgIpc) is 3.04. The van der Waals surface area contributed by atoms with E-state index >= 15 is 0 Å². The number of hydrogen-bond acceptors (Lipinski definition) is 6. The van der Waals surface area contributed by atoms with Crippen molar-refractivity contribution in [2.45, 2.75) is 6.04 Å². The Morgan fingerprint density at radius 1 is 0.970 bits per heavy atom. The highest BCUT2D eigenvalue weighted by molar-refractivity contribution is 6.52. The first kappa shape index (κ1) is 22.3. The monoisotopic (exact) mass is 484 g/mol. The molecule has 3 aromatic rings. The van der Waals surface area contributed by atoms with Gasteiger partial charge in [0.1, 0.15) is 11.5 Å². The Morgan fingerprint density at radius 3 is 2.21 bits per heavy atom. The number of benzene rings is 3. The summed E-state index contributed by atoms with van der Waals surface area (Å²) < 4.78 is 0. The molecule has 4 rings (SSSR count). The molecule has 1 atom stereocenters. The number of nitrogens with zero attached hydrogens (tertiary/aromatic N) is 2. The largest absolute Gasteiger partial charge is 0.508 e. The van der Waals surface area contributed by atoms with Crippen LogP contribution in [-0.2, 0) is 9.59 Å². The molecule has 3 aromatic carbocycles. The number of carbonyl (C=O) groups is 2. The molecule has 0 radical (unpaired) electrons. The van der Waals surface area contributed by atoms with Gasteiger partial charge in [0.05, 0.1) is 16.5 Å². The Morgan fingerprint density at radius 2 is 1.61 bits per heavy atom. The van der Waals surface area contributed by atoms with E-state index in [9.17, 15) is 29.9 Å². The number of nitro groups is 1. The number of aromatic hydroxyl groups is 1. The number of ketones is 1. The molecule has 1 amide bonds. The molecule has 10 heteroatoms. The Balaban J connectivity index is 1.97. The van der Waals surface area contributed by atoms with Crippen molar-refractivity contribution in [1.29, 1.82) is 0 Å². The number of aliphatic hydroxyl groups is 1. The third-order valence-corrected chi connectivity index (χ3v) is 5.55. The van der Waals surface area contributed by atoms with E-state index in [0.29, 0.717) is 5.56 Å². The zero-order chi connectivity index (χ0) is 23.9. The second-order valence-corrected chi connectivity index (χ2v) is 8.07. The number of rotatable bonds is 4. The lowest BCUT2D eigenvalue weighted by Gasteiger charge is -2.25. The van der Waals surface area contributed by atoms with Crippen LogP contribution in [0, 0.1) is 10.1 Å². The van der Waals surface area contributed by atoms with Gasteiger partial charge in [0, 0.05) is 33.4 Å². The van der Waals surface area contributed by atoms with E-state index in [1.807, 2.05) is 0 Å². The second-order valence-electron chi connectivity index (χ2n) is 7.20. The maximum absolute atomic E-state index is 13.1. The van der Waals surface area contributed by atoms with Crippen LogP contribution in [0.3, 0.4) is 0 Å². The predicted molar refractivity (Wildman–Crippen MR) is 122 cm³/mol. The van der Waals surface area contributed by atoms with Gasteiger partial charge in [0.15, 0.2) is 0 Å². The van der Waals surface area contributed by atoms with Crippen molar-refractivity contribution in [2.75, 3.05) is 4.90 Å². The topological polar surface area (TPSA) is 121 Å². The predicted octanol–water partition coefficient (Wildman–Crippen LogP) is 5.23. The third-order valence-electron chi connectivity index (χ3n) is 5.11. The quantitative estimate of drug-likeness (QED) is 0.172. The number of carbonyl (C=O) groups excluding carboxylic acids is 2. The zero-order valence-electron chi connectivity index (χ0n) is 16.6. The summed E-state index contributed by atoms with van der Waals surface area (Å²) in [5.74, 6) is -2.56. The van der Waals surface area contributed by atoms with Crippen LogP contribution in [0.25, 0.3) is 5.76 Å². The summed E-state index contributed by atoms with van der Waals surface area (Å²) in [5, 5.41) is 32.3. The number of phenolic OH excluding ortho intramolecular Hbond substituents is 1. The third kappa shape index (κ3) is 4.13. The van der Waals surface area contributed by atoms with Crippen LogP contribution >= 0.6 is 23.2 Å². The molecule has 0 saturated carbocycles. The molecule has 1 heterocycles. The second kappa shape index (κ2) is 8.57. The van der Waals surface area contributed by atoms with E-state index in [-0.39, 0.29) is 38.3 Å². The lowest BCUT2D eigenvalue weighted by atomic mass is 9.95. The number of phenols is 1. The number of Topliss-reactive ketones (excluding diaryl/α,β-unsaturated/α-hetero) is 1. The maximum atomic E-state index is 13.1. The summed E-state index contributed by atoms with van der Waals surface area (Å²) in [5.41, 5.74) is 0.0364. The van der Waals surface area contributed by atoms with Crippen molar-refractivity contribution < 1.29 is 24.7 Å². The molecule has 1 aliphatic heterocycles. The summed E-state index contributed by atoms with van der Waals surface area (Å²) in [6.07, 6.45) is 0. The molecule has 166 valence electrons. The summed E-state index contributed by atoms with van der Waals surface area (Å²) in [6.45, 7) is 0. The van der Waals surface area contributed by atoms with Gasteiger partial charge in [0.2, 0.25) is 0 Å². The van der Waals surface area contributed by atoms with Gasteiger partial charge in [-0.25, -0.2) is 0 Å². The van der Waals surface area contributed by atoms with E-state index in [1.165, 1.54) is 60.7 Å². The SMILES string of the molecule is O=C1C(=O)N(c2cc(Cl)cc(Cl)c2)C(c2ccc(O)cc2)/C1=C(/O)c1cccc([N+](=O)[O-])c1. The van der Waals surface area contributed by atoms with Gasteiger partial charge in [-0.2, -0.15) is 0 Å². The number of non-ortho nitro benzene ring substituents is 1. The molecule has 2 N–H and O–H groups in total. The molecule has 0 spiro atoms. The molecule has 0 aliphatic carbocycles. The molecule has 1 aliphatic rings. The van der Waals surface area contributed by atoms with E-state index in [2.05, 4.69) is 0 Å². The minimum atomic E-state index is -1.11. The Kier molecular flexibility index (Phi) is 5.80. The summed E-state index contributed by atoms with van der Waals surface area (Å²) >= 11 is 12.2. The highest BCUT2D eigenvalue weighted by Gasteiger charge is 2.47. The van der Waals surface area contributed by atoms with Crippen molar-refractivity contribution in [3.8, 4) is 5.75 Å². The maximum Gasteiger partial charge on any atom is 0.300 e. The van der Waals surface area contributed by atoms with Crippen molar-refractivity contribution in [3.63, 3.8) is 0 Å². The number of nitro benzene ring substituents is 1. The van der Waals surface area contributed by atoms with Crippen LogP contribution in [0.4, 0.5) is 11.4 Å². The first-order valence-electron chi connectivity index (χ1n) is 9.48. The van der Waals surface area contributed by atoms with Crippen molar-refractivity contribution in [3.05, 3.63) is 104 Å². The van der Waals surface area contributed by atoms with Crippen LogP contribution < -0.4 is 4.90 Å². The minimum Gasteiger partial charge on any atom is -0.508 e. The van der Waals surface area contributed by atoms with Crippen LogP contribution in [0.5, 0.6) is 5.75 Å². The fourth-order valence-electron chi connectivity index (χ4n) is 3.67. The fourth-order valence-corrected chi connectivity index (χ4v) is 4.19. The van der Waals surface area contributed by atoms with E-state index in [0.717, 1.165) is 11.0 Å². The van der Waals surface area contributed by atoms with Crippen LogP contribution in [-0.4, -0.2) is 26.8 Å². The van der Waals surface area contributed by atoms with Crippen molar-refractivity contribution in [2.24, 2.45) is 0 Å². The smallest absolute Gasteiger partial charge is 0.300 e. The highest BCUT2D eigenvalue weighted by Crippen LogP contribution is 2.43. The summed E-state index contributed by atoms with van der Waals surface area (Å²) in [6, 6.07) is 14.0. The molecule has 1 unspecified atom stereocenters. The first-order valence-corrected chi connectivity index (χ1v) is 10.2. The molecule has 8 nitrogen and oxygen atoms in total. The normalized spacial score (nSPS) is 17.4. The van der Waals surface area contributed by atoms with E-state index < -0.39 is 28.4 Å². The van der Waals surface area contributed by atoms with Crippen LogP contribution in [0.15, 0.2) is 72.3 Å². The average molecular weight is 485 g/mol. The number of hydrogen-bond donors (Lipinski definition) is 2. The van der Waals surface area contributed by atoms with Gasteiger partial charge in [-0.1, -0.05) is 47.5 Å². The lowest BCUT2D eigenvalue weighted by molar-refractivity contribution is -0.384. The molecular weight excluding hydrogens is 471 g/mol.